The van der Waals surface area contributed by atoms with Gasteiger partial charge >= 0.3 is 0 Å². The zero-order valence-corrected chi connectivity index (χ0v) is 14.7. The fourth-order valence-electron chi connectivity index (χ4n) is 3.61. The first-order valence-corrected chi connectivity index (χ1v) is 8.81. The lowest BCUT2D eigenvalue weighted by atomic mass is 9.84. The van der Waals surface area contributed by atoms with E-state index in [1.54, 1.807) is 36.4 Å². The van der Waals surface area contributed by atoms with E-state index in [4.69, 9.17) is 9.47 Å². The van der Waals surface area contributed by atoms with Crippen LogP contribution in [0.2, 0.25) is 0 Å². The van der Waals surface area contributed by atoms with E-state index >= 15 is 0 Å². The van der Waals surface area contributed by atoms with Crippen LogP contribution in [0, 0.1) is 12.7 Å². The number of aromatic nitrogens is 1. The Morgan fingerprint density at radius 1 is 1.38 bits per heavy atom. The Kier molecular flexibility index (Phi) is 4.36. The topological polar surface area (TPSA) is 51.7 Å². The highest BCUT2D eigenvalue weighted by Crippen LogP contribution is 2.36. The average molecular weight is 356 g/mol. The summed E-state index contributed by atoms with van der Waals surface area (Å²) in [4.78, 5) is 18.3. The Balaban J connectivity index is 1.38. The summed E-state index contributed by atoms with van der Waals surface area (Å²) in [7, 11) is 0. The number of pyridine rings is 1. The molecule has 1 aromatic carbocycles. The van der Waals surface area contributed by atoms with Crippen molar-refractivity contribution in [3.63, 3.8) is 0 Å². The van der Waals surface area contributed by atoms with E-state index in [-0.39, 0.29) is 23.4 Å². The smallest absolute Gasteiger partial charge is 0.254 e. The summed E-state index contributed by atoms with van der Waals surface area (Å²) in [6.45, 7) is 3.30. The molecule has 1 atom stereocenters. The van der Waals surface area contributed by atoms with Crippen LogP contribution in [-0.2, 0) is 4.74 Å². The van der Waals surface area contributed by atoms with Crippen LogP contribution in [0.3, 0.4) is 0 Å². The number of hydrogen-bond donors (Lipinski definition) is 0. The second-order valence-electron chi connectivity index (χ2n) is 7.08. The van der Waals surface area contributed by atoms with Gasteiger partial charge in [-0.25, -0.2) is 4.39 Å². The number of amides is 1. The SMILES string of the molecule is Cc1ccc(C(=O)N2CC3(C[C@H](Oc4cccnc4)CCO3)C2)cc1F. The van der Waals surface area contributed by atoms with Crippen LogP contribution in [0.25, 0.3) is 0 Å². The molecule has 2 saturated heterocycles. The van der Waals surface area contributed by atoms with Gasteiger partial charge in [0.25, 0.3) is 5.91 Å². The van der Waals surface area contributed by atoms with Crippen LogP contribution in [-0.4, -0.2) is 47.2 Å². The second kappa shape index (κ2) is 6.68. The lowest BCUT2D eigenvalue weighted by molar-refractivity contribution is -0.173. The van der Waals surface area contributed by atoms with Crippen LogP contribution < -0.4 is 4.74 Å². The maximum Gasteiger partial charge on any atom is 0.254 e. The molecule has 3 heterocycles. The molecule has 1 amide bonds. The molecule has 2 aromatic rings. The van der Waals surface area contributed by atoms with Crippen molar-refractivity contribution < 1.29 is 18.7 Å². The normalized spacial score (nSPS) is 21.3. The highest BCUT2D eigenvalue weighted by Gasteiger charge is 2.50. The molecule has 0 radical (unpaired) electrons. The van der Waals surface area contributed by atoms with Gasteiger partial charge in [0, 0.05) is 24.6 Å². The molecule has 0 unspecified atom stereocenters. The third-order valence-electron chi connectivity index (χ3n) is 5.05. The van der Waals surface area contributed by atoms with Crippen molar-refractivity contribution in [2.24, 2.45) is 0 Å². The lowest BCUT2D eigenvalue weighted by Gasteiger charge is -2.52. The van der Waals surface area contributed by atoms with Crippen molar-refractivity contribution in [2.45, 2.75) is 31.5 Å². The summed E-state index contributed by atoms with van der Waals surface area (Å²) in [5.74, 6) is 0.232. The summed E-state index contributed by atoms with van der Waals surface area (Å²) in [5, 5.41) is 0. The largest absolute Gasteiger partial charge is 0.489 e. The van der Waals surface area contributed by atoms with E-state index in [2.05, 4.69) is 4.98 Å². The molecule has 4 rings (SSSR count). The Morgan fingerprint density at radius 2 is 2.23 bits per heavy atom. The zero-order chi connectivity index (χ0) is 18.1. The third-order valence-corrected chi connectivity index (χ3v) is 5.05. The Hall–Kier alpha value is -2.47. The first-order valence-electron chi connectivity index (χ1n) is 8.81. The molecular weight excluding hydrogens is 335 g/mol. The second-order valence-corrected chi connectivity index (χ2v) is 7.08. The van der Waals surface area contributed by atoms with Crippen molar-refractivity contribution in [1.29, 1.82) is 0 Å². The van der Waals surface area contributed by atoms with E-state index in [0.717, 1.165) is 18.6 Å². The molecule has 2 aliphatic heterocycles. The minimum Gasteiger partial charge on any atom is -0.489 e. The molecule has 6 heteroatoms. The van der Waals surface area contributed by atoms with Crippen molar-refractivity contribution in [1.82, 2.24) is 9.88 Å². The van der Waals surface area contributed by atoms with E-state index in [1.807, 2.05) is 12.1 Å². The molecule has 5 nitrogen and oxygen atoms in total. The number of carbonyl (C=O) groups is 1. The van der Waals surface area contributed by atoms with E-state index < -0.39 is 0 Å². The Bertz CT molecular complexity index is 806. The van der Waals surface area contributed by atoms with Crippen LogP contribution in [0.5, 0.6) is 5.75 Å². The molecule has 2 fully saturated rings. The average Bonchev–Trinajstić information content (AvgIpc) is 2.62. The van der Waals surface area contributed by atoms with Crippen LogP contribution in [0.1, 0.15) is 28.8 Å². The van der Waals surface area contributed by atoms with Gasteiger partial charge in [-0.2, -0.15) is 0 Å². The minimum absolute atomic E-state index is 0.0435. The fourth-order valence-corrected chi connectivity index (χ4v) is 3.61. The number of ether oxygens (including phenoxy) is 2. The molecule has 1 spiro atoms. The van der Waals surface area contributed by atoms with E-state index in [9.17, 15) is 9.18 Å². The molecule has 26 heavy (non-hydrogen) atoms. The first-order chi connectivity index (χ1) is 12.5. The van der Waals surface area contributed by atoms with E-state index in [1.165, 1.54) is 6.07 Å². The number of nitrogens with zero attached hydrogens (tertiary/aromatic N) is 2. The van der Waals surface area contributed by atoms with Crippen LogP contribution in [0.4, 0.5) is 4.39 Å². The number of likely N-dealkylation sites (tertiary alicyclic amines) is 1. The highest BCUT2D eigenvalue weighted by atomic mass is 19.1. The number of carbonyl (C=O) groups excluding carboxylic acids is 1. The van der Waals surface area contributed by atoms with Gasteiger partial charge in [-0.05, 0) is 36.8 Å². The highest BCUT2D eigenvalue weighted by molar-refractivity contribution is 5.95. The number of benzene rings is 1. The molecule has 0 aliphatic carbocycles. The van der Waals surface area contributed by atoms with Crippen molar-refractivity contribution in [3.8, 4) is 5.75 Å². The van der Waals surface area contributed by atoms with Gasteiger partial charge < -0.3 is 14.4 Å². The predicted octanol–water partition coefficient (Wildman–Crippen LogP) is 2.98. The van der Waals surface area contributed by atoms with Crippen LogP contribution in [0.15, 0.2) is 42.7 Å². The standard InChI is InChI=1S/C20H21FN2O3/c1-14-4-5-15(9-18(14)21)19(24)23-12-20(13-23)10-16(6-8-25-20)26-17-3-2-7-22-11-17/h2-5,7,9,11,16H,6,8,10,12-13H2,1H3/t16-/m1/s1. The molecule has 136 valence electrons. The van der Waals surface area contributed by atoms with Gasteiger partial charge in [0.2, 0.25) is 0 Å². The molecule has 0 N–H and O–H groups in total. The monoisotopic (exact) mass is 356 g/mol. The third kappa shape index (κ3) is 3.29. The van der Waals surface area contributed by atoms with Crippen molar-refractivity contribution >= 4 is 5.91 Å². The summed E-state index contributed by atoms with van der Waals surface area (Å²) in [6, 6.07) is 8.33. The summed E-state index contributed by atoms with van der Waals surface area (Å²) in [5.41, 5.74) is 0.555. The van der Waals surface area contributed by atoms with Crippen molar-refractivity contribution in [3.05, 3.63) is 59.7 Å². The van der Waals surface area contributed by atoms with Gasteiger partial charge in [0.15, 0.2) is 0 Å². The zero-order valence-electron chi connectivity index (χ0n) is 14.7. The van der Waals surface area contributed by atoms with Gasteiger partial charge in [-0.3, -0.25) is 9.78 Å². The summed E-state index contributed by atoms with van der Waals surface area (Å²) >= 11 is 0. The molecule has 2 aliphatic rings. The molecule has 0 bridgehead atoms. The number of halogens is 1. The number of rotatable bonds is 3. The van der Waals surface area contributed by atoms with Crippen LogP contribution >= 0.6 is 0 Å². The van der Waals surface area contributed by atoms with Gasteiger partial charge in [-0.15, -0.1) is 0 Å². The Morgan fingerprint density at radius 3 is 2.96 bits per heavy atom. The van der Waals surface area contributed by atoms with Gasteiger partial charge in [0.05, 0.1) is 25.9 Å². The van der Waals surface area contributed by atoms with Crippen molar-refractivity contribution in [2.75, 3.05) is 19.7 Å². The molecule has 0 saturated carbocycles. The number of hydrogen-bond acceptors (Lipinski definition) is 4. The Labute approximate surface area is 151 Å². The number of aryl methyl sites for hydroxylation is 1. The maximum atomic E-state index is 13.7. The van der Waals surface area contributed by atoms with Gasteiger partial charge in [0.1, 0.15) is 23.3 Å². The molecule has 1 aromatic heterocycles. The molecular formula is C20H21FN2O3. The first kappa shape index (κ1) is 17.0. The maximum absolute atomic E-state index is 13.7. The predicted molar refractivity (Wildman–Crippen MR) is 93.6 cm³/mol. The summed E-state index contributed by atoms with van der Waals surface area (Å²) < 4.78 is 25.7. The summed E-state index contributed by atoms with van der Waals surface area (Å²) in [6.07, 6.45) is 5.00. The van der Waals surface area contributed by atoms with E-state index in [0.29, 0.717) is 30.8 Å². The minimum atomic E-state index is -0.357. The fraction of sp³-hybridized carbons (Fsp3) is 0.400. The lowest BCUT2D eigenvalue weighted by Crippen LogP contribution is -2.67. The van der Waals surface area contributed by atoms with Gasteiger partial charge in [-0.1, -0.05) is 6.07 Å². The quantitative estimate of drug-likeness (QED) is 0.848.